The second-order valence-corrected chi connectivity index (χ2v) is 3.37. The Morgan fingerprint density at radius 1 is 1.59 bits per heavy atom. The molecular formula is C11H9N3O3. The van der Waals surface area contributed by atoms with E-state index in [1.807, 2.05) is 0 Å². The molecule has 1 aliphatic rings. The van der Waals surface area contributed by atoms with Crippen molar-refractivity contribution in [2.75, 3.05) is 23.9 Å². The van der Waals surface area contributed by atoms with Crippen molar-refractivity contribution >= 4 is 23.2 Å². The van der Waals surface area contributed by atoms with Gasteiger partial charge in [0.1, 0.15) is 5.75 Å². The lowest BCUT2D eigenvalue weighted by atomic mass is 10.2. The third-order valence-electron chi connectivity index (χ3n) is 2.39. The smallest absolute Gasteiger partial charge is 0.336 e. The molecule has 0 saturated carbocycles. The number of nitrogens with one attached hydrogen (secondary N) is 1. The molecule has 1 aromatic carbocycles. The zero-order valence-electron chi connectivity index (χ0n) is 9.06. The molecule has 0 aromatic heterocycles. The largest absolute Gasteiger partial charge is 0.482 e. The number of nitrogens with zero attached hydrogens (tertiary/aromatic N) is 2. The Balaban J connectivity index is 2.53. The van der Waals surface area contributed by atoms with E-state index in [0.717, 1.165) is 10.6 Å². The van der Waals surface area contributed by atoms with Gasteiger partial charge in [0.05, 0.1) is 5.69 Å². The van der Waals surface area contributed by atoms with Crippen molar-refractivity contribution in [2.45, 2.75) is 0 Å². The zero-order valence-corrected chi connectivity index (χ0v) is 9.06. The first-order valence-electron chi connectivity index (χ1n) is 4.89. The second kappa shape index (κ2) is 4.14. The van der Waals surface area contributed by atoms with Crippen LogP contribution in [0.4, 0.5) is 11.4 Å². The van der Waals surface area contributed by atoms with Gasteiger partial charge in [0.25, 0.3) is 5.91 Å². The average molecular weight is 231 g/mol. The fourth-order valence-electron chi connectivity index (χ4n) is 1.58. The van der Waals surface area contributed by atoms with Gasteiger partial charge in [-0.3, -0.25) is 9.59 Å². The van der Waals surface area contributed by atoms with Gasteiger partial charge in [-0.25, -0.2) is 4.90 Å². The van der Waals surface area contributed by atoms with Crippen LogP contribution < -0.4 is 15.0 Å². The highest BCUT2D eigenvalue weighted by molar-refractivity contribution is 6.22. The van der Waals surface area contributed by atoms with Crippen molar-refractivity contribution in [3.8, 4) is 11.8 Å². The Morgan fingerprint density at radius 3 is 3.00 bits per heavy atom. The number of hydrogen-bond acceptors (Lipinski definition) is 5. The lowest BCUT2D eigenvalue weighted by Crippen LogP contribution is -2.42. The monoisotopic (exact) mass is 231 g/mol. The lowest BCUT2D eigenvalue weighted by molar-refractivity contribution is -0.126. The van der Waals surface area contributed by atoms with Crippen LogP contribution in [0.5, 0.6) is 5.75 Å². The summed E-state index contributed by atoms with van der Waals surface area (Å²) in [7, 11) is 1.71. The molecule has 17 heavy (non-hydrogen) atoms. The maximum Gasteiger partial charge on any atom is 0.336 e. The van der Waals surface area contributed by atoms with Gasteiger partial charge in [0, 0.05) is 12.7 Å². The van der Waals surface area contributed by atoms with Gasteiger partial charge < -0.3 is 10.1 Å². The molecule has 6 heteroatoms. The summed E-state index contributed by atoms with van der Waals surface area (Å²) in [4.78, 5) is 23.8. The van der Waals surface area contributed by atoms with Gasteiger partial charge >= 0.3 is 5.91 Å². The van der Waals surface area contributed by atoms with Crippen LogP contribution >= 0.6 is 0 Å². The number of ether oxygens (including phenoxy) is 1. The molecule has 0 unspecified atom stereocenters. The molecule has 2 rings (SSSR count). The first-order chi connectivity index (χ1) is 8.17. The number of amides is 2. The SMILES string of the molecule is CNc1ccc2c(c1)N(C(=O)C#N)C(=O)CO2. The Bertz CT molecular complexity index is 533. The highest BCUT2D eigenvalue weighted by atomic mass is 16.5. The first-order valence-corrected chi connectivity index (χ1v) is 4.89. The molecule has 86 valence electrons. The van der Waals surface area contributed by atoms with E-state index < -0.39 is 11.8 Å². The van der Waals surface area contributed by atoms with Crippen molar-refractivity contribution in [2.24, 2.45) is 0 Å². The molecule has 2 amide bonds. The van der Waals surface area contributed by atoms with Gasteiger partial charge in [-0.2, -0.15) is 5.26 Å². The third-order valence-corrected chi connectivity index (χ3v) is 2.39. The molecule has 0 aliphatic carbocycles. The van der Waals surface area contributed by atoms with Gasteiger partial charge in [0.15, 0.2) is 12.7 Å². The van der Waals surface area contributed by atoms with Gasteiger partial charge in [0.2, 0.25) is 0 Å². The predicted molar refractivity (Wildman–Crippen MR) is 59.6 cm³/mol. The van der Waals surface area contributed by atoms with E-state index in [-0.39, 0.29) is 6.61 Å². The molecule has 0 saturated heterocycles. The summed E-state index contributed by atoms with van der Waals surface area (Å²) in [6, 6.07) is 6.42. The van der Waals surface area contributed by atoms with Crippen molar-refractivity contribution in [3.63, 3.8) is 0 Å². The molecule has 0 spiro atoms. The third kappa shape index (κ3) is 1.78. The number of hydrogen-bond donors (Lipinski definition) is 1. The number of fused-ring (bicyclic) bond motifs is 1. The van der Waals surface area contributed by atoms with Crippen LogP contribution in [0.1, 0.15) is 0 Å². The number of carbonyl (C=O) groups is 2. The van der Waals surface area contributed by atoms with Gasteiger partial charge in [-0.05, 0) is 18.2 Å². The number of benzene rings is 1. The summed E-state index contributed by atoms with van der Waals surface area (Å²) in [6.45, 7) is -0.237. The maximum absolute atomic E-state index is 11.6. The van der Waals surface area contributed by atoms with E-state index in [4.69, 9.17) is 10.00 Å². The summed E-state index contributed by atoms with van der Waals surface area (Å²) in [5, 5.41) is 11.5. The minimum Gasteiger partial charge on any atom is -0.482 e. The Kier molecular flexibility index (Phi) is 2.66. The van der Waals surface area contributed by atoms with Crippen LogP contribution in [-0.4, -0.2) is 25.5 Å². The number of carbonyl (C=O) groups excluding carboxylic acids is 2. The van der Waals surface area contributed by atoms with E-state index in [2.05, 4.69) is 5.32 Å². The van der Waals surface area contributed by atoms with Gasteiger partial charge in [-0.15, -0.1) is 0 Å². The van der Waals surface area contributed by atoms with E-state index >= 15 is 0 Å². The molecule has 1 heterocycles. The Labute approximate surface area is 97.4 Å². The molecular weight excluding hydrogens is 222 g/mol. The Hall–Kier alpha value is -2.55. The number of anilines is 2. The van der Waals surface area contributed by atoms with Crippen LogP contribution in [0.25, 0.3) is 0 Å². The van der Waals surface area contributed by atoms with E-state index in [1.165, 1.54) is 6.07 Å². The Morgan fingerprint density at radius 2 is 2.35 bits per heavy atom. The van der Waals surface area contributed by atoms with Crippen LogP contribution in [0.15, 0.2) is 18.2 Å². The summed E-state index contributed by atoms with van der Waals surface area (Å²) in [6.07, 6.45) is 0. The summed E-state index contributed by atoms with van der Waals surface area (Å²) < 4.78 is 5.18. The topological polar surface area (TPSA) is 82.4 Å². The molecule has 1 aromatic rings. The molecule has 0 radical (unpaired) electrons. The van der Waals surface area contributed by atoms with Crippen LogP contribution in [0.2, 0.25) is 0 Å². The molecule has 1 N–H and O–H groups in total. The highest BCUT2D eigenvalue weighted by Crippen LogP contribution is 2.34. The molecule has 1 aliphatic heterocycles. The maximum atomic E-state index is 11.6. The van der Waals surface area contributed by atoms with Crippen molar-refractivity contribution < 1.29 is 14.3 Å². The zero-order chi connectivity index (χ0) is 12.4. The van der Waals surface area contributed by atoms with Crippen LogP contribution in [0, 0.1) is 11.3 Å². The average Bonchev–Trinajstić information content (AvgIpc) is 2.37. The van der Waals surface area contributed by atoms with E-state index in [9.17, 15) is 9.59 Å². The van der Waals surface area contributed by atoms with Crippen molar-refractivity contribution in [3.05, 3.63) is 18.2 Å². The summed E-state index contributed by atoms with van der Waals surface area (Å²) >= 11 is 0. The predicted octanol–water partition coefficient (Wildman–Crippen LogP) is 0.504. The second-order valence-electron chi connectivity index (χ2n) is 3.37. The fraction of sp³-hybridized carbons (Fsp3) is 0.182. The molecule has 6 nitrogen and oxygen atoms in total. The van der Waals surface area contributed by atoms with Crippen molar-refractivity contribution in [1.29, 1.82) is 5.26 Å². The highest BCUT2D eigenvalue weighted by Gasteiger charge is 2.30. The number of rotatable bonds is 1. The molecule has 0 fully saturated rings. The number of imide groups is 1. The minimum atomic E-state index is -0.909. The normalized spacial score (nSPS) is 13.4. The fourth-order valence-corrected chi connectivity index (χ4v) is 1.58. The molecule has 0 atom stereocenters. The van der Waals surface area contributed by atoms with Crippen LogP contribution in [-0.2, 0) is 9.59 Å². The number of nitriles is 1. The van der Waals surface area contributed by atoms with E-state index in [0.29, 0.717) is 11.4 Å². The quantitative estimate of drug-likeness (QED) is 0.712. The molecule has 0 bridgehead atoms. The van der Waals surface area contributed by atoms with Crippen molar-refractivity contribution in [1.82, 2.24) is 0 Å². The minimum absolute atomic E-state index is 0.237. The first kappa shape index (κ1) is 11.0. The summed E-state index contributed by atoms with van der Waals surface area (Å²) in [5.74, 6) is -1.04. The van der Waals surface area contributed by atoms with Crippen LogP contribution in [0.3, 0.4) is 0 Å². The van der Waals surface area contributed by atoms with Gasteiger partial charge in [-0.1, -0.05) is 0 Å². The standard InChI is InChI=1S/C11H9N3O3/c1-13-7-2-3-9-8(4-7)14(10(15)5-12)11(16)6-17-9/h2-4,13H,6H2,1H3. The lowest BCUT2D eigenvalue weighted by Gasteiger charge is -2.26. The van der Waals surface area contributed by atoms with E-state index in [1.54, 1.807) is 25.2 Å². The summed E-state index contributed by atoms with van der Waals surface area (Å²) in [5.41, 5.74) is 1.01.